The Balaban J connectivity index is 2.19. The molecule has 1 amide bonds. The van der Waals surface area contributed by atoms with Gasteiger partial charge in [-0.1, -0.05) is 19.1 Å². The summed E-state index contributed by atoms with van der Waals surface area (Å²) in [6.07, 6.45) is 3.82. The van der Waals surface area contributed by atoms with Crippen LogP contribution in [0.3, 0.4) is 0 Å². The van der Waals surface area contributed by atoms with E-state index in [1.165, 1.54) is 0 Å². The predicted molar refractivity (Wildman–Crippen MR) is 82.1 cm³/mol. The summed E-state index contributed by atoms with van der Waals surface area (Å²) in [5.41, 5.74) is 2.01. The SMILES string of the molecule is CCC(=O)CN1CCCC(c2cccc(OC)c2)=CC1=O. The minimum Gasteiger partial charge on any atom is -0.497 e. The van der Waals surface area contributed by atoms with E-state index in [0.29, 0.717) is 13.0 Å². The maximum absolute atomic E-state index is 12.3. The Morgan fingerprint density at radius 2 is 2.19 bits per heavy atom. The average molecular weight is 287 g/mol. The minimum absolute atomic E-state index is 0.0767. The third-order valence-corrected chi connectivity index (χ3v) is 3.69. The molecule has 1 heterocycles. The highest BCUT2D eigenvalue weighted by Gasteiger charge is 2.19. The lowest BCUT2D eigenvalue weighted by molar-refractivity contribution is -0.131. The number of amides is 1. The van der Waals surface area contributed by atoms with Gasteiger partial charge in [0.1, 0.15) is 5.75 Å². The van der Waals surface area contributed by atoms with Crippen molar-refractivity contribution in [2.45, 2.75) is 26.2 Å². The van der Waals surface area contributed by atoms with E-state index in [2.05, 4.69) is 0 Å². The first-order chi connectivity index (χ1) is 10.1. The van der Waals surface area contributed by atoms with Gasteiger partial charge in [-0.15, -0.1) is 0 Å². The summed E-state index contributed by atoms with van der Waals surface area (Å²) >= 11 is 0. The predicted octanol–water partition coefficient (Wildman–Crippen LogP) is 2.68. The summed E-state index contributed by atoms with van der Waals surface area (Å²) in [6, 6.07) is 7.72. The van der Waals surface area contributed by atoms with Crippen LogP contribution in [0.4, 0.5) is 0 Å². The molecule has 0 saturated heterocycles. The fraction of sp³-hybridized carbons (Fsp3) is 0.412. The number of Topliss-reactive ketones (excluding diaryl/α,β-unsaturated/α-hetero) is 1. The summed E-state index contributed by atoms with van der Waals surface area (Å²) in [7, 11) is 1.63. The fourth-order valence-corrected chi connectivity index (χ4v) is 2.42. The number of methoxy groups -OCH3 is 1. The van der Waals surface area contributed by atoms with Crippen molar-refractivity contribution in [1.82, 2.24) is 4.90 Å². The number of hydrogen-bond acceptors (Lipinski definition) is 3. The smallest absolute Gasteiger partial charge is 0.247 e. The first kappa shape index (κ1) is 15.3. The summed E-state index contributed by atoms with van der Waals surface area (Å²) < 4.78 is 5.22. The van der Waals surface area contributed by atoms with Crippen molar-refractivity contribution in [3.63, 3.8) is 0 Å². The molecule has 1 aromatic carbocycles. The molecular formula is C17H21NO3. The number of carbonyl (C=O) groups is 2. The van der Waals surface area contributed by atoms with Gasteiger partial charge in [0.05, 0.1) is 13.7 Å². The molecule has 1 aliphatic heterocycles. The topological polar surface area (TPSA) is 46.6 Å². The molecule has 21 heavy (non-hydrogen) atoms. The highest BCUT2D eigenvalue weighted by Crippen LogP contribution is 2.26. The zero-order valence-corrected chi connectivity index (χ0v) is 12.6. The zero-order chi connectivity index (χ0) is 15.2. The number of hydrogen-bond donors (Lipinski definition) is 0. The summed E-state index contributed by atoms with van der Waals surface area (Å²) in [4.78, 5) is 25.4. The second kappa shape index (κ2) is 7.07. The number of rotatable bonds is 5. The van der Waals surface area contributed by atoms with E-state index in [0.717, 1.165) is 29.7 Å². The fourth-order valence-electron chi connectivity index (χ4n) is 2.42. The van der Waals surface area contributed by atoms with E-state index in [-0.39, 0.29) is 18.2 Å². The van der Waals surface area contributed by atoms with Gasteiger partial charge in [0.15, 0.2) is 5.78 Å². The Morgan fingerprint density at radius 1 is 1.38 bits per heavy atom. The number of allylic oxidation sites excluding steroid dienone is 1. The van der Waals surface area contributed by atoms with Gasteiger partial charge in [0, 0.05) is 19.0 Å². The number of nitrogens with zero attached hydrogens (tertiary/aromatic N) is 1. The van der Waals surface area contributed by atoms with Crippen LogP contribution in [0.15, 0.2) is 30.3 Å². The third kappa shape index (κ3) is 3.94. The highest BCUT2D eigenvalue weighted by molar-refractivity contribution is 5.98. The largest absolute Gasteiger partial charge is 0.497 e. The van der Waals surface area contributed by atoms with Crippen molar-refractivity contribution >= 4 is 17.3 Å². The zero-order valence-electron chi connectivity index (χ0n) is 12.6. The minimum atomic E-state index is -0.0767. The van der Waals surface area contributed by atoms with Gasteiger partial charge in [0.2, 0.25) is 5.91 Å². The van der Waals surface area contributed by atoms with Crippen LogP contribution in [-0.4, -0.2) is 36.8 Å². The van der Waals surface area contributed by atoms with Crippen LogP contribution in [0.1, 0.15) is 31.7 Å². The lowest BCUT2D eigenvalue weighted by Gasteiger charge is -2.18. The summed E-state index contributed by atoms with van der Waals surface area (Å²) in [6.45, 7) is 2.67. The Kier molecular flexibility index (Phi) is 5.14. The van der Waals surface area contributed by atoms with Gasteiger partial charge in [-0.2, -0.15) is 0 Å². The van der Waals surface area contributed by atoms with E-state index in [1.807, 2.05) is 31.2 Å². The Hall–Kier alpha value is -2.10. The molecule has 0 fully saturated rings. The Bertz CT molecular complexity index is 563. The second-order valence-electron chi connectivity index (χ2n) is 5.16. The van der Waals surface area contributed by atoms with Crippen LogP contribution in [-0.2, 0) is 9.59 Å². The van der Waals surface area contributed by atoms with Gasteiger partial charge in [-0.05, 0) is 36.1 Å². The lowest BCUT2D eigenvalue weighted by atomic mass is 10.0. The molecule has 0 unspecified atom stereocenters. The third-order valence-electron chi connectivity index (χ3n) is 3.69. The first-order valence-electron chi connectivity index (χ1n) is 7.29. The van der Waals surface area contributed by atoms with Crippen LogP contribution in [0.25, 0.3) is 5.57 Å². The molecule has 4 heteroatoms. The van der Waals surface area contributed by atoms with Crippen LogP contribution in [0.2, 0.25) is 0 Å². The van der Waals surface area contributed by atoms with Crippen molar-refractivity contribution in [3.8, 4) is 5.75 Å². The number of carbonyl (C=O) groups excluding carboxylic acids is 2. The highest BCUT2D eigenvalue weighted by atomic mass is 16.5. The molecule has 0 N–H and O–H groups in total. The number of ether oxygens (including phenoxy) is 1. The lowest BCUT2D eigenvalue weighted by Crippen LogP contribution is -2.34. The molecule has 0 radical (unpaired) electrons. The number of benzene rings is 1. The molecule has 0 bridgehead atoms. The van der Waals surface area contributed by atoms with Crippen molar-refractivity contribution in [1.29, 1.82) is 0 Å². The monoisotopic (exact) mass is 287 g/mol. The second-order valence-corrected chi connectivity index (χ2v) is 5.16. The van der Waals surface area contributed by atoms with E-state index >= 15 is 0 Å². The number of ketones is 1. The molecule has 112 valence electrons. The van der Waals surface area contributed by atoms with E-state index in [4.69, 9.17) is 4.74 Å². The van der Waals surface area contributed by atoms with Crippen LogP contribution in [0, 0.1) is 0 Å². The quantitative estimate of drug-likeness (QED) is 0.836. The van der Waals surface area contributed by atoms with Gasteiger partial charge in [-0.25, -0.2) is 0 Å². The van der Waals surface area contributed by atoms with Crippen LogP contribution in [0.5, 0.6) is 5.75 Å². The summed E-state index contributed by atoms with van der Waals surface area (Å²) in [5, 5.41) is 0. The molecule has 0 aromatic heterocycles. The molecule has 0 aliphatic carbocycles. The molecule has 0 atom stereocenters. The van der Waals surface area contributed by atoms with Gasteiger partial charge >= 0.3 is 0 Å². The molecule has 0 saturated carbocycles. The van der Waals surface area contributed by atoms with E-state index in [9.17, 15) is 9.59 Å². The van der Waals surface area contributed by atoms with Crippen molar-refractivity contribution in [3.05, 3.63) is 35.9 Å². The molecular weight excluding hydrogens is 266 g/mol. The molecule has 4 nitrogen and oxygen atoms in total. The molecule has 0 spiro atoms. The van der Waals surface area contributed by atoms with E-state index < -0.39 is 0 Å². The van der Waals surface area contributed by atoms with Gasteiger partial charge in [-0.3, -0.25) is 9.59 Å². The Morgan fingerprint density at radius 3 is 2.90 bits per heavy atom. The van der Waals surface area contributed by atoms with Crippen molar-refractivity contribution < 1.29 is 14.3 Å². The molecule has 2 rings (SSSR count). The van der Waals surface area contributed by atoms with Crippen molar-refractivity contribution in [2.24, 2.45) is 0 Å². The van der Waals surface area contributed by atoms with Gasteiger partial charge in [0.25, 0.3) is 0 Å². The normalized spacial score (nSPS) is 15.4. The van der Waals surface area contributed by atoms with Crippen LogP contribution >= 0.6 is 0 Å². The maximum Gasteiger partial charge on any atom is 0.247 e. The standard InChI is InChI=1S/C17H21NO3/c1-3-15(19)12-18-9-5-7-14(11-17(18)20)13-6-4-8-16(10-13)21-2/h4,6,8,10-11H,3,5,7,9,12H2,1-2H3. The summed E-state index contributed by atoms with van der Waals surface area (Å²) in [5.74, 6) is 0.803. The Labute approximate surface area is 125 Å². The molecule has 1 aromatic rings. The van der Waals surface area contributed by atoms with Crippen LogP contribution < -0.4 is 4.74 Å². The van der Waals surface area contributed by atoms with E-state index in [1.54, 1.807) is 18.1 Å². The average Bonchev–Trinajstić information content (AvgIpc) is 2.69. The molecule has 1 aliphatic rings. The van der Waals surface area contributed by atoms with Gasteiger partial charge < -0.3 is 9.64 Å². The maximum atomic E-state index is 12.3. The van der Waals surface area contributed by atoms with Crippen molar-refractivity contribution in [2.75, 3.05) is 20.2 Å². The first-order valence-corrected chi connectivity index (χ1v) is 7.29.